The van der Waals surface area contributed by atoms with Crippen LogP contribution in [0.3, 0.4) is 0 Å². The minimum atomic E-state index is -0.576. The molecule has 0 saturated heterocycles. The summed E-state index contributed by atoms with van der Waals surface area (Å²) >= 11 is 0.899. The summed E-state index contributed by atoms with van der Waals surface area (Å²) in [6, 6.07) is 21.3. The van der Waals surface area contributed by atoms with E-state index in [1.165, 1.54) is 29.2 Å². The zero-order valence-corrected chi connectivity index (χ0v) is 20.9. The molecule has 11 heteroatoms. The Kier molecular flexibility index (Phi) is 6.04. The Hall–Kier alpha value is -5.03. The number of hydrogen-bond acceptors (Lipinski definition) is 7. The Morgan fingerprint density at radius 3 is 2.41 bits per heavy atom. The van der Waals surface area contributed by atoms with Gasteiger partial charge in [-0.2, -0.15) is 14.6 Å². The highest BCUT2D eigenvalue weighted by Gasteiger charge is 2.35. The van der Waals surface area contributed by atoms with Crippen LogP contribution in [0.2, 0.25) is 0 Å². The van der Waals surface area contributed by atoms with E-state index in [0.29, 0.717) is 16.9 Å². The number of thiazole rings is 1. The first kappa shape index (κ1) is 24.3. The Labute approximate surface area is 223 Å². The summed E-state index contributed by atoms with van der Waals surface area (Å²) in [6.45, 7) is -0.328. The molecule has 0 bridgehead atoms. The van der Waals surface area contributed by atoms with Crippen molar-refractivity contribution in [3.63, 3.8) is 0 Å². The fourth-order valence-electron chi connectivity index (χ4n) is 4.43. The second kappa shape index (κ2) is 9.69. The molecule has 0 radical (unpaired) electrons. The number of halogens is 1. The van der Waals surface area contributed by atoms with Gasteiger partial charge in [0.05, 0.1) is 11.3 Å². The molecule has 39 heavy (non-hydrogen) atoms. The third kappa shape index (κ3) is 4.48. The molecule has 0 atom stereocenters. The Morgan fingerprint density at radius 2 is 1.64 bits per heavy atom. The van der Waals surface area contributed by atoms with Crippen molar-refractivity contribution in [2.75, 3.05) is 16.8 Å². The van der Waals surface area contributed by atoms with Gasteiger partial charge in [0.15, 0.2) is 0 Å². The fourth-order valence-corrected chi connectivity index (χ4v) is 5.42. The number of hydrogen-bond donors (Lipinski definition) is 1. The van der Waals surface area contributed by atoms with Crippen LogP contribution in [0.15, 0.2) is 88.5 Å². The molecular formula is C28H18FN5O4S. The topological polar surface area (TPSA) is 114 Å². The highest BCUT2D eigenvalue weighted by Crippen LogP contribution is 2.35. The molecule has 2 aromatic heterocycles. The Morgan fingerprint density at radius 1 is 0.923 bits per heavy atom. The van der Waals surface area contributed by atoms with E-state index in [0.717, 1.165) is 21.4 Å². The first-order valence-electron chi connectivity index (χ1n) is 11.9. The predicted molar refractivity (Wildman–Crippen MR) is 144 cm³/mol. The summed E-state index contributed by atoms with van der Waals surface area (Å²) in [5.41, 5.74) is 1.26. The van der Waals surface area contributed by atoms with Crippen LogP contribution in [0.25, 0.3) is 10.5 Å². The number of fused-ring (bicyclic) bond motifs is 2. The summed E-state index contributed by atoms with van der Waals surface area (Å²) in [5, 5.41) is 6.91. The fraction of sp³-hybridized carbons (Fsp3) is 0.0714. The van der Waals surface area contributed by atoms with Crippen LogP contribution in [0, 0.1) is 5.82 Å². The van der Waals surface area contributed by atoms with Crippen LogP contribution in [0.5, 0.6) is 0 Å². The lowest BCUT2D eigenvalue weighted by Crippen LogP contribution is -2.37. The van der Waals surface area contributed by atoms with Crippen molar-refractivity contribution >= 4 is 45.1 Å². The van der Waals surface area contributed by atoms with E-state index in [1.54, 1.807) is 24.3 Å². The van der Waals surface area contributed by atoms with Crippen LogP contribution in [0.4, 0.5) is 15.8 Å². The molecule has 3 heterocycles. The molecule has 1 aliphatic heterocycles. The van der Waals surface area contributed by atoms with Gasteiger partial charge in [-0.15, -0.1) is 0 Å². The number of anilines is 2. The molecule has 192 valence electrons. The number of carbonyl (C=O) groups is 2. The molecule has 0 aliphatic carbocycles. The van der Waals surface area contributed by atoms with Gasteiger partial charge >= 0.3 is 0 Å². The molecule has 6 rings (SSSR count). The van der Waals surface area contributed by atoms with E-state index in [-0.39, 0.29) is 33.7 Å². The van der Waals surface area contributed by atoms with Crippen LogP contribution < -0.4 is 25.9 Å². The molecule has 0 fully saturated rings. The maximum absolute atomic E-state index is 13.6. The second-order valence-electron chi connectivity index (χ2n) is 8.80. The van der Waals surface area contributed by atoms with E-state index >= 15 is 0 Å². The van der Waals surface area contributed by atoms with Crippen molar-refractivity contribution in [2.24, 2.45) is 0 Å². The van der Waals surface area contributed by atoms with Crippen LogP contribution in [0.1, 0.15) is 16.8 Å². The van der Waals surface area contributed by atoms with Crippen LogP contribution in [-0.4, -0.2) is 33.0 Å². The number of nitrogens with zero attached hydrogens (tertiary/aromatic N) is 4. The minimum absolute atomic E-state index is 0.0714. The number of benzene rings is 3. The van der Waals surface area contributed by atoms with Gasteiger partial charge in [0.2, 0.25) is 10.9 Å². The van der Waals surface area contributed by atoms with Gasteiger partial charge in [0, 0.05) is 17.7 Å². The lowest BCUT2D eigenvalue weighted by molar-refractivity contribution is -0.118. The average molecular weight is 540 g/mol. The smallest absolute Gasteiger partial charge is 0.296 e. The summed E-state index contributed by atoms with van der Waals surface area (Å²) in [5.74, 6) is -1.48. The maximum atomic E-state index is 13.6. The number of aromatic nitrogens is 3. The number of carbonyl (C=O) groups excluding carboxylic acids is 2. The van der Waals surface area contributed by atoms with Crippen molar-refractivity contribution < 1.29 is 14.0 Å². The zero-order chi connectivity index (χ0) is 27.1. The third-order valence-electron chi connectivity index (χ3n) is 6.22. The standard InChI is InChI=1S/C28H18FN5O4S/c29-17-10-12-18(13-11-17)30-22(35)15-33-21-9-5-4-8-19(21)23(26(33)37)24-27(38)34-28(39-24)31-25(36)20(32-34)14-16-6-2-1-3-7-16/h1-13H,14-15H2,(H,30,35)/b24-23-. The van der Waals surface area contributed by atoms with Crippen molar-refractivity contribution in [2.45, 2.75) is 6.42 Å². The Balaban J connectivity index is 1.40. The van der Waals surface area contributed by atoms with Crippen molar-refractivity contribution in [1.82, 2.24) is 14.6 Å². The van der Waals surface area contributed by atoms with Crippen LogP contribution >= 0.6 is 11.3 Å². The van der Waals surface area contributed by atoms with Gasteiger partial charge in [-0.1, -0.05) is 59.9 Å². The molecule has 5 aromatic rings. The van der Waals surface area contributed by atoms with Gasteiger partial charge in [0.25, 0.3) is 17.0 Å². The quantitative estimate of drug-likeness (QED) is 0.366. The number of rotatable bonds is 5. The number of amides is 2. The number of nitrogens with one attached hydrogen (secondary N) is 1. The Bertz CT molecular complexity index is 1940. The summed E-state index contributed by atoms with van der Waals surface area (Å²) in [7, 11) is 0. The molecular weight excluding hydrogens is 521 g/mol. The lowest BCUT2D eigenvalue weighted by atomic mass is 10.1. The van der Waals surface area contributed by atoms with Gasteiger partial charge in [-0.3, -0.25) is 24.1 Å². The van der Waals surface area contributed by atoms with E-state index in [9.17, 15) is 23.6 Å². The molecule has 0 spiro atoms. The molecule has 1 N–H and O–H groups in total. The van der Waals surface area contributed by atoms with E-state index in [2.05, 4.69) is 15.4 Å². The summed E-state index contributed by atoms with van der Waals surface area (Å²) in [4.78, 5) is 57.9. The van der Waals surface area contributed by atoms with Crippen molar-refractivity contribution in [1.29, 1.82) is 0 Å². The minimum Gasteiger partial charge on any atom is -0.325 e. The molecule has 0 saturated carbocycles. The van der Waals surface area contributed by atoms with Gasteiger partial charge < -0.3 is 5.32 Å². The van der Waals surface area contributed by atoms with Gasteiger partial charge in [-0.25, -0.2) is 4.39 Å². The normalized spacial score (nSPS) is 14.1. The van der Waals surface area contributed by atoms with Gasteiger partial charge in [0.1, 0.15) is 22.6 Å². The highest BCUT2D eigenvalue weighted by molar-refractivity contribution is 7.15. The highest BCUT2D eigenvalue weighted by atomic mass is 32.1. The van der Waals surface area contributed by atoms with Crippen molar-refractivity contribution in [3.8, 4) is 0 Å². The first-order chi connectivity index (χ1) is 18.9. The third-order valence-corrected chi connectivity index (χ3v) is 7.25. The second-order valence-corrected chi connectivity index (χ2v) is 9.77. The molecule has 2 amide bonds. The molecule has 0 unspecified atom stereocenters. The van der Waals surface area contributed by atoms with E-state index < -0.39 is 28.8 Å². The lowest BCUT2D eigenvalue weighted by Gasteiger charge is -2.16. The van der Waals surface area contributed by atoms with Crippen molar-refractivity contribution in [3.05, 3.63) is 127 Å². The molecule has 1 aliphatic rings. The largest absolute Gasteiger partial charge is 0.325 e. The summed E-state index contributed by atoms with van der Waals surface area (Å²) < 4.78 is 14.3. The molecule has 9 nitrogen and oxygen atoms in total. The maximum Gasteiger partial charge on any atom is 0.296 e. The number of para-hydroxylation sites is 1. The van der Waals surface area contributed by atoms with Crippen LogP contribution in [-0.2, 0) is 16.0 Å². The zero-order valence-electron chi connectivity index (χ0n) is 20.1. The average Bonchev–Trinajstić information content (AvgIpc) is 3.38. The monoisotopic (exact) mass is 539 g/mol. The van der Waals surface area contributed by atoms with E-state index in [1.807, 2.05) is 30.3 Å². The predicted octanol–water partition coefficient (Wildman–Crippen LogP) is 2.14. The van der Waals surface area contributed by atoms with Gasteiger partial charge in [-0.05, 0) is 35.9 Å². The first-order valence-corrected chi connectivity index (χ1v) is 12.7. The summed E-state index contributed by atoms with van der Waals surface area (Å²) in [6.07, 6.45) is 0.204. The van der Waals surface area contributed by atoms with E-state index in [4.69, 9.17) is 0 Å². The molecule has 3 aromatic carbocycles. The SMILES string of the molecule is O=C(CN1C(=O)/C(=c2\sc3nc(=O)c(Cc4ccccc4)nn3c2=O)c2ccccc21)Nc1ccc(F)cc1.